The third-order valence-electron chi connectivity index (χ3n) is 5.15. The van der Waals surface area contributed by atoms with Gasteiger partial charge in [0.2, 0.25) is 11.8 Å². The lowest BCUT2D eigenvalue weighted by Gasteiger charge is -2.30. The van der Waals surface area contributed by atoms with E-state index in [9.17, 15) is 9.59 Å². The highest BCUT2D eigenvalue weighted by Gasteiger charge is 2.69. The third kappa shape index (κ3) is 1.96. The number of likely N-dealkylation sites (tertiary alicyclic amines) is 1. The molecule has 0 N–H and O–H groups in total. The second-order valence-electron chi connectivity index (χ2n) is 6.56. The zero-order valence-corrected chi connectivity index (χ0v) is 12.2. The molecule has 0 radical (unpaired) electrons. The Balaban J connectivity index is 1.52. The van der Waals surface area contributed by atoms with Gasteiger partial charge in [-0.2, -0.15) is 0 Å². The van der Waals surface area contributed by atoms with Gasteiger partial charge in [-0.15, -0.1) is 0 Å². The van der Waals surface area contributed by atoms with Crippen LogP contribution in [0.15, 0.2) is 0 Å². The summed E-state index contributed by atoms with van der Waals surface area (Å²) >= 11 is 0. The van der Waals surface area contributed by atoms with Crippen molar-refractivity contribution in [2.24, 2.45) is 11.8 Å². The normalized spacial score (nSPS) is 43.8. The molecule has 2 bridgehead atoms. The van der Waals surface area contributed by atoms with E-state index in [4.69, 9.17) is 14.2 Å². The first kappa shape index (κ1) is 13.7. The Morgan fingerprint density at radius 1 is 1.38 bits per heavy atom. The van der Waals surface area contributed by atoms with Crippen LogP contribution in [0.25, 0.3) is 0 Å². The summed E-state index contributed by atoms with van der Waals surface area (Å²) < 4.78 is 16.9. The van der Waals surface area contributed by atoms with Crippen LogP contribution in [0.4, 0.5) is 0 Å². The Hall–Kier alpha value is -0.980. The van der Waals surface area contributed by atoms with Crippen molar-refractivity contribution in [2.45, 2.75) is 44.0 Å². The van der Waals surface area contributed by atoms with Crippen LogP contribution in [-0.4, -0.2) is 60.9 Å². The van der Waals surface area contributed by atoms with Crippen molar-refractivity contribution in [3.63, 3.8) is 0 Å². The first-order valence-electron chi connectivity index (χ1n) is 7.88. The zero-order chi connectivity index (χ0) is 14.6. The average molecular weight is 295 g/mol. The number of epoxide rings is 1. The minimum atomic E-state index is -0.584. The third-order valence-corrected chi connectivity index (χ3v) is 5.15. The molecule has 5 unspecified atom stereocenters. The molecule has 5 atom stereocenters. The van der Waals surface area contributed by atoms with E-state index < -0.39 is 5.60 Å². The Morgan fingerprint density at radius 3 is 2.90 bits per heavy atom. The predicted molar refractivity (Wildman–Crippen MR) is 71.4 cm³/mol. The first-order chi connectivity index (χ1) is 10.2. The van der Waals surface area contributed by atoms with Crippen LogP contribution in [0, 0.1) is 11.8 Å². The molecule has 2 amide bonds. The van der Waals surface area contributed by atoms with Gasteiger partial charge in [-0.05, 0) is 19.3 Å². The number of rotatable bonds is 6. The van der Waals surface area contributed by atoms with E-state index in [0.29, 0.717) is 19.8 Å². The smallest absolute Gasteiger partial charge is 0.236 e. The number of fused-ring (bicyclic) bond motifs is 5. The van der Waals surface area contributed by atoms with Gasteiger partial charge in [0.1, 0.15) is 11.7 Å². The molecule has 116 valence electrons. The molecule has 0 aliphatic carbocycles. The maximum absolute atomic E-state index is 12.6. The summed E-state index contributed by atoms with van der Waals surface area (Å²) in [6.45, 7) is 4.19. The summed E-state index contributed by atoms with van der Waals surface area (Å²) in [5.74, 6) is -0.710. The monoisotopic (exact) mass is 295 g/mol. The molecular formula is C15H21NO5. The fourth-order valence-electron chi connectivity index (χ4n) is 4.13. The molecule has 4 aliphatic heterocycles. The minimum absolute atomic E-state index is 0.0380. The molecule has 4 heterocycles. The van der Waals surface area contributed by atoms with Crippen molar-refractivity contribution in [1.82, 2.24) is 4.90 Å². The van der Waals surface area contributed by atoms with E-state index in [2.05, 4.69) is 0 Å². The van der Waals surface area contributed by atoms with Crippen molar-refractivity contribution in [3.05, 3.63) is 0 Å². The fourth-order valence-corrected chi connectivity index (χ4v) is 4.13. The van der Waals surface area contributed by atoms with Crippen LogP contribution in [-0.2, 0) is 23.8 Å². The van der Waals surface area contributed by atoms with E-state index in [0.717, 1.165) is 25.9 Å². The number of carbonyl (C=O) groups excluding carboxylic acids is 2. The highest BCUT2D eigenvalue weighted by atomic mass is 16.6. The molecule has 4 rings (SSSR count). The highest BCUT2D eigenvalue weighted by molar-refractivity contribution is 6.06. The topological polar surface area (TPSA) is 68.4 Å². The van der Waals surface area contributed by atoms with E-state index in [-0.39, 0.29) is 35.9 Å². The van der Waals surface area contributed by atoms with Gasteiger partial charge in [-0.3, -0.25) is 14.5 Å². The van der Waals surface area contributed by atoms with Gasteiger partial charge in [0.15, 0.2) is 0 Å². The largest absolute Gasteiger partial charge is 0.376 e. The Morgan fingerprint density at radius 2 is 2.19 bits per heavy atom. The van der Waals surface area contributed by atoms with Gasteiger partial charge in [0.05, 0.1) is 37.8 Å². The molecule has 4 fully saturated rings. The van der Waals surface area contributed by atoms with Crippen LogP contribution in [0.1, 0.15) is 26.2 Å². The lowest BCUT2D eigenvalue weighted by molar-refractivity contribution is -0.147. The van der Waals surface area contributed by atoms with Crippen LogP contribution < -0.4 is 0 Å². The Bertz CT molecular complexity index is 477. The number of ether oxygens (including phenoxy) is 3. The van der Waals surface area contributed by atoms with E-state index in [1.54, 1.807) is 0 Å². The van der Waals surface area contributed by atoms with Gasteiger partial charge < -0.3 is 14.2 Å². The molecule has 0 aromatic carbocycles. The Kier molecular flexibility index (Phi) is 3.10. The molecule has 4 saturated heterocycles. The number of hydrogen-bond donors (Lipinski definition) is 0. The molecular weight excluding hydrogens is 274 g/mol. The average Bonchev–Trinajstić information content (AvgIpc) is 3.04. The lowest BCUT2D eigenvalue weighted by atomic mass is 9.73. The molecule has 0 aromatic rings. The maximum atomic E-state index is 12.6. The lowest BCUT2D eigenvalue weighted by Crippen LogP contribution is -2.45. The molecule has 0 spiro atoms. The van der Waals surface area contributed by atoms with Crippen molar-refractivity contribution in [3.8, 4) is 0 Å². The second-order valence-corrected chi connectivity index (χ2v) is 6.56. The number of carbonyl (C=O) groups is 2. The van der Waals surface area contributed by atoms with Crippen LogP contribution in [0.2, 0.25) is 0 Å². The van der Waals surface area contributed by atoms with Gasteiger partial charge >= 0.3 is 0 Å². The number of hydrogen-bond acceptors (Lipinski definition) is 5. The van der Waals surface area contributed by atoms with E-state index >= 15 is 0 Å². The van der Waals surface area contributed by atoms with Gasteiger partial charge in [0, 0.05) is 6.54 Å². The Labute approximate surface area is 123 Å². The van der Waals surface area contributed by atoms with Crippen molar-refractivity contribution in [1.29, 1.82) is 0 Å². The maximum Gasteiger partial charge on any atom is 0.236 e. The fraction of sp³-hybridized carbons (Fsp3) is 0.867. The molecule has 21 heavy (non-hydrogen) atoms. The molecule has 0 aromatic heterocycles. The second kappa shape index (κ2) is 4.76. The predicted octanol–water partition coefficient (Wildman–Crippen LogP) is 0.344. The summed E-state index contributed by atoms with van der Waals surface area (Å²) in [6.07, 6.45) is 2.56. The van der Waals surface area contributed by atoms with Gasteiger partial charge in [-0.25, -0.2) is 0 Å². The van der Waals surface area contributed by atoms with Crippen LogP contribution in [0.5, 0.6) is 0 Å². The van der Waals surface area contributed by atoms with Gasteiger partial charge in [0.25, 0.3) is 0 Å². The summed E-state index contributed by atoms with van der Waals surface area (Å²) in [4.78, 5) is 26.6. The molecule has 0 saturated carbocycles. The SMILES string of the molecule is CCCN1C(=O)C2C3CCC(COCC4CO4)(O3)C2C1=O. The van der Waals surface area contributed by atoms with Crippen LogP contribution in [0.3, 0.4) is 0 Å². The summed E-state index contributed by atoms with van der Waals surface area (Å²) in [6, 6.07) is 0. The quantitative estimate of drug-likeness (QED) is 0.522. The highest BCUT2D eigenvalue weighted by Crippen LogP contribution is 2.55. The summed E-state index contributed by atoms with van der Waals surface area (Å²) in [7, 11) is 0. The van der Waals surface area contributed by atoms with Crippen molar-refractivity contribution >= 4 is 11.8 Å². The molecule has 4 aliphatic rings. The standard InChI is InChI=1S/C15H21NO5/c1-2-5-16-13(17)11-10-3-4-15(21-10,12(11)14(16)18)8-19-6-9-7-20-9/h9-12H,2-8H2,1H3. The first-order valence-corrected chi connectivity index (χ1v) is 7.88. The van der Waals surface area contributed by atoms with E-state index in [1.807, 2.05) is 6.92 Å². The number of imide groups is 1. The molecule has 6 heteroatoms. The number of nitrogens with zero attached hydrogens (tertiary/aromatic N) is 1. The van der Waals surface area contributed by atoms with E-state index in [1.165, 1.54) is 4.90 Å². The van der Waals surface area contributed by atoms with Crippen molar-refractivity contribution in [2.75, 3.05) is 26.4 Å². The number of amides is 2. The molecule has 6 nitrogen and oxygen atoms in total. The summed E-state index contributed by atoms with van der Waals surface area (Å²) in [5, 5.41) is 0. The van der Waals surface area contributed by atoms with Crippen molar-refractivity contribution < 1.29 is 23.8 Å². The van der Waals surface area contributed by atoms with Gasteiger partial charge in [-0.1, -0.05) is 6.92 Å². The van der Waals surface area contributed by atoms with Crippen LogP contribution >= 0.6 is 0 Å². The summed E-state index contributed by atoms with van der Waals surface area (Å²) in [5.41, 5.74) is -0.584. The zero-order valence-electron chi connectivity index (χ0n) is 12.2. The minimum Gasteiger partial charge on any atom is -0.376 e.